The monoisotopic (exact) mass is 250 g/mol. The molecule has 4 nitrogen and oxygen atoms in total. The van der Waals surface area contributed by atoms with E-state index in [1.807, 2.05) is 33.4 Å². The normalized spacial score (nSPS) is 12.9. The third-order valence-corrected chi connectivity index (χ3v) is 3.71. The Bertz CT molecular complexity index is 474. The summed E-state index contributed by atoms with van der Waals surface area (Å²) in [6, 6.07) is 0.316. The molecule has 0 aliphatic rings. The molecule has 0 spiro atoms. The summed E-state index contributed by atoms with van der Waals surface area (Å²) in [7, 11) is 4.02. The smallest absolute Gasteiger partial charge is 0.108 e. The Morgan fingerprint density at radius 3 is 2.88 bits per heavy atom. The van der Waals surface area contributed by atoms with Crippen LogP contribution in [0.3, 0.4) is 0 Å². The third kappa shape index (κ3) is 2.92. The molecule has 2 aromatic heterocycles. The van der Waals surface area contributed by atoms with Crippen LogP contribution >= 0.6 is 11.3 Å². The van der Waals surface area contributed by atoms with E-state index in [0.29, 0.717) is 6.04 Å². The number of rotatable bonds is 5. The minimum atomic E-state index is 0.316. The molecule has 1 N–H and O–H groups in total. The summed E-state index contributed by atoms with van der Waals surface area (Å²) < 4.78 is 2.07. The molecule has 17 heavy (non-hydrogen) atoms. The summed E-state index contributed by atoms with van der Waals surface area (Å²) in [4.78, 5) is 8.87. The second-order valence-corrected chi connectivity index (χ2v) is 5.19. The molecular weight excluding hydrogens is 232 g/mol. The molecule has 0 aliphatic heterocycles. The number of imidazole rings is 1. The molecule has 0 fully saturated rings. The van der Waals surface area contributed by atoms with E-state index in [1.165, 1.54) is 0 Å². The molecule has 5 heteroatoms. The number of aromatic nitrogens is 3. The first-order valence-electron chi connectivity index (χ1n) is 5.76. The molecule has 1 unspecified atom stereocenters. The van der Waals surface area contributed by atoms with Gasteiger partial charge in [0.2, 0.25) is 0 Å². The van der Waals surface area contributed by atoms with Crippen LogP contribution in [-0.4, -0.2) is 21.6 Å². The van der Waals surface area contributed by atoms with Crippen molar-refractivity contribution in [1.82, 2.24) is 19.9 Å². The zero-order valence-electron chi connectivity index (χ0n) is 10.5. The fourth-order valence-electron chi connectivity index (χ4n) is 1.89. The minimum Gasteiger partial charge on any atom is -0.338 e. The Morgan fingerprint density at radius 2 is 2.35 bits per heavy atom. The molecular formula is C12H18N4S. The minimum absolute atomic E-state index is 0.316. The maximum atomic E-state index is 4.53. The van der Waals surface area contributed by atoms with Crippen LogP contribution < -0.4 is 5.32 Å². The summed E-state index contributed by atoms with van der Waals surface area (Å²) >= 11 is 1.70. The van der Waals surface area contributed by atoms with Crippen molar-refractivity contribution in [3.8, 4) is 0 Å². The predicted molar refractivity (Wildman–Crippen MR) is 70.2 cm³/mol. The Balaban J connectivity index is 1.99. The van der Waals surface area contributed by atoms with Crippen LogP contribution in [0.2, 0.25) is 0 Å². The molecule has 0 saturated heterocycles. The lowest BCUT2D eigenvalue weighted by Gasteiger charge is -2.13. The van der Waals surface area contributed by atoms with Crippen molar-refractivity contribution in [2.75, 3.05) is 7.05 Å². The van der Waals surface area contributed by atoms with Gasteiger partial charge in [0.05, 0.1) is 16.7 Å². The van der Waals surface area contributed by atoms with Crippen LogP contribution in [0.1, 0.15) is 29.0 Å². The highest BCUT2D eigenvalue weighted by molar-refractivity contribution is 7.09. The Morgan fingerprint density at radius 1 is 1.53 bits per heavy atom. The summed E-state index contributed by atoms with van der Waals surface area (Å²) in [5, 5.41) is 6.58. The van der Waals surface area contributed by atoms with Crippen molar-refractivity contribution in [1.29, 1.82) is 0 Å². The Labute approximate surface area is 106 Å². The maximum Gasteiger partial charge on any atom is 0.108 e. The van der Waals surface area contributed by atoms with Gasteiger partial charge in [-0.3, -0.25) is 0 Å². The summed E-state index contributed by atoms with van der Waals surface area (Å²) in [5.41, 5.74) is 1.14. The number of thiazole rings is 1. The van der Waals surface area contributed by atoms with E-state index in [-0.39, 0.29) is 0 Å². The molecule has 0 radical (unpaired) electrons. The molecule has 0 aromatic carbocycles. The molecule has 0 amide bonds. The average Bonchev–Trinajstić information content (AvgIpc) is 2.90. The lowest BCUT2D eigenvalue weighted by Crippen LogP contribution is -2.18. The topological polar surface area (TPSA) is 42.7 Å². The highest BCUT2D eigenvalue weighted by Crippen LogP contribution is 2.20. The van der Waals surface area contributed by atoms with Gasteiger partial charge < -0.3 is 9.88 Å². The zero-order chi connectivity index (χ0) is 12.3. The predicted octanol–water partition coefficient (Wildman–Crippen LogP) is 2.08. The second kappa shape index (κ2) is 5.42. The van der Waals surface area contributed by atoms with Crippen LogP contribution in [0.15, 0.2) is 17.8 Å². The van der Waals surface area contributed by atoms with Crippen molar-refractivity contribution < 1.29 is 0 Å². The lowest BCUT2D eigenvalue weighted by molar-refractivity contribution is 0.525. The molecule has 0 bridgehead atoms. The van der Waals surface area contributed by atoms with Crippen LogP contribution in [-0.2, 0) is 13.5 Å². The van der Waals surface area contributed by atoms with Gasteiger partial charge in [-0.05, 0) is 20.4 Å². The number of hydrogen-bond donors (Lipinski definition) is 1. The SMILES string of the molecule is CNC(CCc1nccn1C)c1csc(C)n1. The van der Waals surface area contributed by atoms with E-state index < -0.39 is 0 Å². The lowest BCUT2D eigenvalue weighted by atomic mass is 10.1. The standard InChI is InChI=1S/C12H18N4S/c1-9-15-11(8-17-9)10(13-2)4-5-12-14-6-7-16(12)3/h6-8,10,13H,4-5H2,1-3H3. The highest BCUT2D eigenvalue weighted by Gasteiger charge is 2.13. The van der Waals surface area contributed by atoms with Crippen LogP contribution in [0.5, 0.6) is 0 Å². The largest absolute Gasteiger partial charge is 0.338 e. The van der Waals surface area contributed by atoms with Gasteiger partial charge in [-0.15, -0.1) is 11.3 Å². The maximum absolute atomic E-state index is 4.53. The van der Waals surface area contributed by atoms with Gasteiger partial charge in [-0.25, -0.2) is 9.97 Å². The van der Waals surface area contributed by atoms with Gasteiger partial charge in [-0.1, -0.05) is 0 Å². The van der Waals surface area contributed by atoms with E-state index in [0.717, 1.165) is 29.4 Å². The molecule has 2 heterocycles. The average molecular weight is 250 g/mol. The molecule has 2 rings (SSSR count). The zero-order valence-corrected chi connectivity index (χ0v) is 11.3. The number of nitrogens with zero attached hydrogens (tertiary/aromatic N) is 3. The first-order chi connectivity index (χ1) is 8.20. The van der Waals surface area contributed by atoms with Gasteiger partial charge in [0, 0.05) is 31.2 Å². The summed E-state index contributed by atoms with van der Waals surface area (Å²) in [5.74, 6) is 1.12. The number of hydrogen-bond acceptors (Lipinski definition) is 4. The van der Waals surface area contributed by atoms with Crippen molar-refractivity contribution in [2.45, 2.75) is 25.8 Å². The van der Waals surface area contributed by atoms with Crippen molar-refractivity contribution in [3.05, 3.63) is 34.3 Å². The molecule has 0 saturated carbocycles. The van der Waals surface area contributed by atoms with Gasteiger partial charge >= 0.3 is 0 Å². The fraction of sp³-hybridized carbons (Fsp3) is 0.500. The van der Waals surface area contributed by atoms with E-state index in [4.69, 9.17) is 0 Å². The first-order valence-corrected chi connectivity index (χ1v) is 6.64. The van der Waals surface area contributed by atoms with E-state index >= 15 is 0 Å². The van der Waals surface area contributed by atoms with Crippen LogP contribution in [0.4, 0.5) is 0 Å². The summed E-state index contributed by atoms with van der Waals surface area (Å²) in [6.07, 6.45) is 5.81. The van der Waals surface area contributed by atoms with Gasteiger partial charge in [0.25, 0.3) is 0 Å². The van der Waals surface area contributed by atoms with Gasteiger partial charge in [0.1, 0.15) is 5.82 Å². The second-order valence-electron chi connectivity index (χ2n) is 4.13. The summed E-state index contributed by atoms with van der Waals surface area (Å²) in [6.45, 7) is 2.04. The number of nitrogens with one attached hydrogen (secondary N) is 1. The third-order valence-electron chi connectivity index (χ3n) is 2.92. The fourth-order valence-corrected chi connectivity index (χ4v) is 2.56. The molecule has 1 atom stereocenters. The quantitative estimate of drug-likeness (QED) is 0.883. The van der Waals surface area contributed by atoms with Gasteiger partial charge in [-0.2, -0.15) is 0 Å². The van der Waals surface area contributed by atoms with Crippen molar-refractivity contribution in [2.24, 2.45) is 7.05 Å². The Kier molecular flexibility index (Phi) is 3.91. The van der Waals surface area contributed by atoms with E-state index in [2.05, 4.69) is 25.2 Å². The molecule has 2 aromatic rings. The number of aryl methyl sites for hydroxylation is 3. The van der Waals surface area contributed by atoms with Crippen molar-refractivity contribution in [3.63, 3.8) is 0 Å². The van der Waals surface area contributed by atoms with E-state index in [1.54, 1.807) is 11.3 Å². The Hall–Kier alpha value is -1.20. The van der Waals surface area contributed by atoms with E-state index in [9.17, 15) is 0 Å². The first kappa shape index (κ1) is 12.3. The molecule has 0 aliphatic carbocycles. The van der Waals surface area contributed by atoms with Gasteiger partial charge in [0.15, 0.2) is 0 Å². The van der Waals surface area contributed by atoms with Crippen molar-refractivity contribution >= 4 is 11.3 Å². The highest BCUT2D eigenvalue weighted by atomic mass is 32.1. The molecule has 92 valence electrons. The van der Waals surface area contributed by atoms with Crippen LogP contribution in [0.25, 0.3) is 0 Å². The van der Waals surface area contributed by atoms with Crippen LogP contribution in [0, 0.1) is 6.92 Å².